The molecule has 0 aliphatic carbocycles. The smallest absolute Gasteiger partial charge is 0.255 e. The van der Waals surface area contributed by atoms with Crippen LogP contribution >= 0.6 is 0 Å². The van der Waals surface area contributed by atoms with Crippen LogP contribution in [0.3, 0.4) is 0 Å². The third-order valence-electron chi connectivity index (χ3n) is 3.22. The zero-order valence-electron chi connectivity index (χ0n) is 11.4. The van der Waals surface area contributed by atoms with Crippen LogP contribution in [-0.2, 0) is 0 Å². The number of rotatable bonds is 5. The van der Waals surface area contributed by atoms with E-state index >= 15 is 0 Å². The molecule has 0 aliphatic rings. The van der Waals surface area contributed by atoms with Gasteiger partial charge >= 0.3 is 0 Å². The molecule has 0 aliphatic heterocycles. The van der Waals surface area contributed by atoms with Crippen LogP contribution in [0, 0.1) is 5.41 Å². The van der Waals surface area contributed by atoms with E-state index in [1.54, 1.807) is 10.7 Å². The number of amides is 1. The number of hydrogen-bond acceptors (Lipinski definition) is 3. The van der Waals surface area contributed by atoms with Crippen LogP contribution in [0.25, 0.3) is 5.52 Å². The highest BCUT2D eigenvalue weighted by Crippen LogP contribution is 2.18. The Labute approximate surface area is 112 Å². The lowest BCUT2D eigenvalue weighted by Gasteiger charge is -2.23. The van der Waals surface area contributed by atoms with Crippen molar-refractivity contribution in [1.29, 1.82) is 0 Å². The third-order valence-corrected chi connectivity index (χ3v) is 3.22. The van der Waals surface area contributed by atoms with E-state index in [0.717, 1.165) is 11.9 Å². The summed E-state index contributed by atoms with van der Waals surface area (Å²) in [6.45, 7) is 5.42. The molecule has 0 aromatic carbocycles. The summed E-state index contributed by atoms with van der Waals surface area (Å²) in [7, 11) is 0. The monoisotopic (exact) mass is 260 g/mol. The largest absolute Gasteiger partial charge is 0.351 e. The summed E-state index contributed by atoms with van der Waals surface area (Å²) in [5.41, 5.74) is 6.99. The van der Waals surface area contributed by atoms with E-state index < -0.39 is 0 Å². The molecule has 2 rings (SSSR count). The maximum atomic E-state index is 12.2. The van der Waals surface area contributed by atoms with Gasteiger partial charge in [-0.25, -0.2) is 4.52 Å². The Morgan fingerprint density at radius 1 is 1.47 bits per heavy atom. The van der Waals surface area contributed by atoms with Gasteiger partial charge < -0.3 is 11.1 Å². The van der Waals surface area contributed by atoms with Crippen LogP contribution in [0.1, 0.15) is 30.6 Å². The van der Waals surface area contributed by atoms with E-state index in [1.807, 2.05) is 24.4 Å². The van der Waals surface area contributed by atoms with Crippen molar-refractivity contribution in [2.75, 3.05) is 13.1 Å². The molecule has 19 heavy (non-hydrogen) atoms. The van der Waals surface area contributed by atoms with Crippen molar-refractivity contribution in [2.45, 2.75) is 20.3 Å². The van der Waals surface area contributed by atoms with Gasteiger partial charge in [-0.3, -0.25) is 4.79 Å². The van der Waals surface area contributed by atoms with Crippen molar-refractivity contribution in [2.24, 2.45) is 11.1 Å². The third kappa shape index (κ3) is 3.12. The second-order valence-electron chi connectivity index (χ2n) is 5.47. The van der Waals surface area contributed by atoms with Crippen LogP contribution in [0.5, 0.6) is 0 Å². The van der Waals surface area contributed by atoms with Gasteiger partial charge in [0.05, 0.1) is 17.3 Å². The Kier molecular flexibility index (Phi) is 3.85. The quantitative estimate of drug-likeness (QED) is 0.854. The lowest BCUT2D eigenvalue weighted by atomic mass is 9.89. The van der Waals surface area contributed by atoms with Crippen LogP contribution in [0.15, 0.2) is 30.6 Å². The van der Waals surface area contributed by atoms with Crippen molar-refractivity contribution in [3.63, 3.8) is 0 Å². The van der Waals surface area contributed by atoms with E-state index in [-0.39, 0.29) is 11.3 Å². The van der Waals surface area contributed by atoms with Crippen molar-refractivity contribution < 1.29 is 4.79 Å². The second-order valence-corrected chi connectivity index (χ2v) is 5.47. The van der Waals surface area contributed by atoms with Crippen LogP contribution < -0.4 is 11.1 Å². The fourth-order valence-electron chi connectivity index (χ4n) is 2.00. The summed E-state index contributed by atoms with van der Waals surface area (Å²) in [5, 5.41) is 7.11. The Balaban J connectivity index is 2.08. The molecule has 3 N–H and O–H groups in total. The molecule has 0 bridgehead atoms. The number of hydrogen-bond donors (Lipinski definition) is 2. The number of carbonyl (C=O) groups excluding carboxylic acids is 1. The zero-order valence-corrected chi connectivity index (χ0v) is 11.4. The molecule has 2 aromatic heterocycles. The molecule has 0 spiro atoms. The molecule has 0 saturated carbocycles. The molecule has 2 aromatic rings. The minimum Gasteiger partial charge on any atom is -0.351 e. The summed E-state index contributed by atoms with van der Waals surface area (Å²) >= 11 is 0. The molecule has 2 heterocycles. The molecule has 0 radical (unpaired) electrons. The minimum atomic E-state index is -0.0914. The summed E-state index contributed by atoms with van der Waals surface area (Å²) in [4.78, 5) is 12.2. The van der Waals surface area contributed by atoms with E-state index in [1.165, 1.54) is 0 Å². The fraction of sp³-hybridized carbons (Fsp3) is 0.429. The Bertz CT molecular complexity index is 574. The first-order valence-electron chi connectivity index (χ1n) is 6.44. The molecule has 0 unspecified atom stereocenters. The number of nitrogens with zero attached hydrogens (tertiary/aromatic N) is 2. The highest BCUT2D eigenvalue weighted by atomic mass is 16.1. The number of nitrogens with two attached hydrogens (primary N) is 1. The highest BCUT2D eigenvalue weighted by molar-refractivity contribution is 6.00. The number of pyridine rings is 1. The van der Waals surface area contributed by atoms with Crippen LogP contribution in [0.4, 0.5) is 0 Å². The standard InChI is InChI=1S/C14H20N4O/c1-14(2,6-7-15)10-16-13(19)11-9-17-18-8-4-3-5-12(11)18/h3-5,8-9H,6-7,10,15H2,1-2H3,(H,16,19). The molecular formula is C14H20N4O. The van der Waals surface area contributed by atoms with Gasteiger partial charge in [0.25, 0.3) is 5.91 Å². The maximum Gasteiger partial charge on any atom is 0.255 e. The average molecular weight is 260 g/mol. The molecular weight excluding hydrogens is 240 g/mol. The van der Waals surface area contributed by atoms with E-state index in [4.69, 9.17) is 5.73 Å². The predicted molar refractivity (Wildman–Crippen MR) is 75.0 cm³/mol. The first kappa shape index (κ1) is 13.5. The second kappa shape index (κ2) is 5.40. The molecule has 0 saturated heterocycles. The Morgan fingerprint density at radius 2 is 2.26 bits per heavy atom. The molecule has 0 atom stereocenters. The Morgan fingerprint density at radius 3 is 3.00 bits per heavy atom. The first-order valence-corrected chi connectivity index (χ1v) is 6.44. The number of nitrogens with one attached hydrogen (secondary N) is 1. The molecule has 0 fully saturated rings. The van der Waals surface area contributed by atoms with Gasteiger partial charge in [0.1, 0.15) is 0 Å². The topological polar surface area (TPSA) is 72.4 Å². The number of carbonyl (C=O) groups is 1. The molecule has 1 amide bonds. The van der Waals surface area contributed by atoms with E-state index in [9.17, 15) is 4.79 Å². The van der Waals surface area contributed by atoms with Crippen molar-refractivity contribution >= 4 is 11.4 Å². The van der Waals surface area contributed by atoms with Crippen molar-refractivity contribution in [1.82, 2.24) is 14.9 Å². The first-order chi connectivity index (χ1) is 9.03. The molecule has 5 nitrogen and oxygen atoms in total. The summed E-state index contributed by atoms with van der Waals surface area (Å²) < 4.78 is 1.69. The predicted octanol–water partition coefficient (Wildman–Crippen LogP) is 1.44. The average Bonchev–Trinajstić information content (AvgIpc) is 2.80. The summed E-state index contributed by atoms with van der Waals surface area (Å²) in [6, 6.07) is 5.66. The van der Waals surface area contributed by atoms with Gasteiger partial charge in [-0.15, -0.1) is 0 Å². The van der Waals surface area contributed by atoms with Gasteiger partial charge in [0, 0.05) is 12.7 Å². The van der Waals surface area contributed by atoms with Gasteiger partial charge in [-0.05, 0) is 30.5 Å². The zero-order chi connectivity index (χ0) is 13.9. The van der Waals surface area contributed by atoms with Gasteiger partial charge in [-0.2, -0.15) is 5.10 Å². The lowest BCUT2D eigenvalue weighted by molar-refractivity contribution is 0.0936. The van der Waals surface area contributed by atoms with Crippen molar-refractivity contribution in [3.8, 4) is 0 Å². The molecule has 5 heteroatoms. The summed E-state index contributed by atoms with van der Waals surface area (Å²) in [6.07, 6.45) is 4.30. The van der Waals surface area contributed by atoms with E-state index in [0.29, 0.717) is 18.7 Å². The highest BCUT2D eigenvalue weighted by Gasteiger charge is 2.19. The fourth-order valence-corrected chi connectivity index (χ4v) is 2.00. The van der Waals surface area contributed by atoms with Gasteiger partial charge in [0.15, 0.2) is 0 Å². The minimum absolute atomic E-state index is 0.00732. The van der Waals surface area contributed by atoms with Crippen LogP contribution in [0.2, 0.25) is 0 Å². The molecule has 102 valence electrons. The Hall–Kier alpha value is -1.88. The van der Waals surface area contributed by atoms with Crippen molar-refractivity contribution in [3.05, 3.63) is 36.2 Å². The summed E-state index contributed by atoms with van der Waals surface area (Å²) in [5.74, 6) is -0.0914. The SMILES string of the molecule is CC(C)(CCN)CNC(=O)c1cnn2ccccc12. The number of aromatic nitrogens is 2. The van der Waals surface area contributed by atoms with E-state index in [2.05, 4.69) is 24.3 Å². The maximum absolute atomic E-state index is 12.2. The number of fused-ring (bicyclic) bond motifs is 1. The van der Waals surface area contributed by atoms with Crippen LogP contribution in [-0.4, -0.2) is 28.6 Å². The lowest BCUT2D eigenvalue weighted by Crippen LogP contribution is -2.35. The van der Waals surface area contributed by atoms with Gasteiger partial charge in [-0.1, -0.05) is 19.9 Å². The van der Waals surface area contributed by atoms with Gasteiger partial charge in [0.2, 0.25) is 0 Å². The normalized spacial score (nSPS) is 11.7.